The molecule has 0 bridgehead atoms. The largest absolute Gasteiger partial charge is 0.294 e. The van der Waals surface area contributed by atoms with Crippen LogP contribution in [0.1, 0.15) is 29.7 Å². The first-order valence-corrected chi connectivity index (χ1v) is 10.6. The van der Waals surface area contributed by atoms with Gasteiger partial charge in [0.05, 0.1) is 16.7 Å². The Kier molecular flexibility index (Phi) is 5.00. The van der Waals surface area contributed by atoms with E-state index in [1.807, 2.05) is 6.92 Å². The van der Waals surface area contributed by atoms with Crippen molar-refractivity contribution in [2.24, 2.45) is 5.10 Å². The van der Waals surface area contributed by atoms with Gasteiger partial charge < -0.3 is 0 Å². The second-order valence-electron chi connectivity index (χ2n) is 8.06. The third-order valence-corrected chi connectivity index (χ3v) is 6.24. The van der Waals surface area contributed by atoms with Crippen LogP contribution in [0, 0.1) is 10.1 Å². The molecule has 1 fully saturated rings. The maximum absolute atomic E-state index is 10.9. The number of fused-ring (bicyclic) bond motifs is 3. The van der Waals surface area contributed by atoms with Gasteiger partial charge in [0.15, 0.2) is 0 Å². The lowest BCUT2D eigenvalue weighted by Crippen LogP contribution is -2.45. The van der Waals surface area contributed by atoms with Crippen molar-refractivity contribution in [2.45, 2.75) is 13.0 Å². The number of nitrogens with zero attached hydrogens (tertiary/aromatic N) is 4. The Hall–Kier alpha value is -3.51. The SMILES string of the molecule is C/C(=N\N1CCN(C2c3ccccc3-c3ccccc32)CC1)c1ccc([N+](=O)[O-])cc1. The van der Waals surface area contributed by atoms with Gasteiger partial charge in [0.25, 0.3) is 5.69 Å². The molecule has 0 amide bonds. The zero-order valence-corrected chi connectivity index (χ0v) is 17.4. The molecule has 6 heteroatoms. The average molecular weight is 412 g/mol. The minimum Gasteiger partial charge on any atom is -0.294 e. The van der Waals surface area contributed by atoms with E-state index >= 15 is 0 Å². The number of piperazine rings is 1. The zero-order chi connectivity index (χ0) is 21.4. The third kappa shape index (κ3) is 3.59. The molecule has 1 aliphatic carbocycles. The summed E-state index contributed by atoms with van der Waals surface area (Å²) in [6.07, 6.45) is 0. The van der Waals surface area contributed by atoms with E-state index in [0.717, 1.165) is 37.5 Å². The van der Waals surface area contributed by atoms with E-state index < -0.39 is 0 Å². The van der Waals surface area contributed by atoms with Crippen LogP contribution in [0.2, 0.25) is 0 Å². The molecule has 3 aromatic rings. The molecule has 0 atom stereocenters. The van der Waals surface area contributed by atoms with Gasteiger partial charge in [0.1, 0.15) is 0 Å². The van der Waals surface area contributed by atoms with Crippen molar-refractivity contribution < 1.29 is 4.92 Å². The number of nitro benzene ring substituents is 1. The Morgan fingerprint density at radius 1 is 0.871 bits per heavy atom. The molecule has 0 spiro atoms. The first-order valence-electron chi connectivity index (χ1n) is 10.6. The standard InChI is InChI=1S/C25H24N4O2/c1-18(19-10-12-20(13-11-19)29(30)31)26-28-16-14-27(15-17-28)25-23-8-4-2-6-21(23)22-7-3-5-9-24(22)25/h2-13,25H,14-17H2,1H3/b26-18+. The molecule has 156 valence electrons. The van der Waals surface area contributed by atoms with Crippen LogP contribution in [0.4, 0.5) is 5.69 Å². The second-order valence-corrected chi connectivity index (χ2v) is 8.06. The van der Waals surface area contributed by atoms with E-state index in [1.54, 1.807) is 12.1 Å². The summed E-state index contributed by atoms with van der Waals surface area (Å²) in [5.41, 5.74) is 7.36. The lowest BCUT2D eigenvalue weighted by molar-refractivity contribution is -0.384. The molecule has 0 aromatic heterocycles. The lowest BCUT2D eigenvalue weighted by Gasteiger charge is -2.37. The highest BCUT2D eigenvalue weighted by molar-refractivity contribution is 5.98. The summed E-state index contributed by atoms with van der Waals surface area (Å²) < 4.78 is 0. The van der Waals surface area contributed by atoms with Crippen molar-refractivity contribution in [2.75, 3.05) is 26.2 Å². The minimum atomic E-state index is -0.380. The fraction of sp³-hybridized carbons (Fsp3) is 0.240. The highest BCUT2D eigenvalue weighted by Gasteiger charge is 2.34. The van der Waals surface area contributed by atoms with Gasteiger partial charge in [-0.15, -0.1) is 0 Å². The predicted molar refractivity (Wildman–Crippen MR) is 122 cm³/mol. The van der Waals surface area contributed by atoms with Gasteiger partial charge >= 0.3 is 0 Å². The van der Waals surface area contributed by atoms with Crippen LogP contribution in [-0.2, 0) is 0 Å². The van der Waals surface area contributed by atoms with Crippen LogP contribution in [0.15, 0.2) is 77.9 Å². The summed E-state index contributed by atoms with van der Waals surface area (Å²) in [5.74, 6) is 0. The molecule has 1 saturated heterocycles. The number of hydrazone groups is 1. The van der Waals surface area contributed by atoms with Crippen LogP contribution in [0.5, 0.6) is 0 Å². The second kappa shape index (κ2) is 7.96. The van der Waals surface area contributed by atoms with Gasteiger partial charge in [-0.1, -0.05) is 48.5 Å². The fourth-order valence-corrected chi connectivity index (χ4v) is 4.69. The Bertz CT molecular complexity index is 1100. The molecule has 6 nitrogen and oxygen atoms in total. The van der Waals surface area contributed by atoms with Gasteiger partial charge in [0, 0.05) is 38.3 Å². The number of non-ortho nitro benzene ring substituents is 1. The van der Waals surface area contributed by atoms with Crippen LogP contribution < -0.4 is 0 Å². The molecular weight excluding hydrogens is 388 g/mol. The van der Waals surface area contributed by atoms with Gasteiger partial charge in [-0.05, 0) is 46.9 Å². The molecular formula is C25H24N4O2. The topological polar surface area (TPSA) is 62.0 Å². The summed E-state index contributed by atoms with van der Waals surface area (Å²) in [6.45, 7) is 5.53. The smallest absolute Gasteiger partial charge is 0.269 e. The van der Waals surface area contributed by atoms with E-state index in [1.165, 1.54) is 34.4 Å². The molecule has 0 saturated carbocycles. The van der Waals surface area contributed by atoms with Gasteiger partial charge in [-0.3, -0.25) is 20.0 Å². The van der Waals surface area contributed by atoms with E-state index in [0.29, 0.717) is 6.04 Å². The normalized spacial score (nSPS) is 16.8. The Morgan fingerprint density at radius 2 is 1.42 bits per heavy atom. The molecule has 31 heavy (non-hydrogen) atoms. The van der Waals surface area contributed by atoms with Crippen molar-refractivity contribution >= 4 is 11.4 Å². The third-order valence-electron chi connectivity index (χ3n) is 6.24. The van der Waals surface area contributed by atoms with E-state index in [9.17, 15) is 10.1 Å². The molecule has 2 aliphatic rings. The predicted octanol–water partition coefficient (Wildman–Crippen LogP) is 4.71. The van der Waals surface area contributed by atoms with Crippen molar-refractivity contribution in [1.29, 1.82) is 0 Å². The number of nitro groups is 1. The summed E-state index contributed by atoms with van der Waals surface area (Å²) in [4.78, 5) is 13.0. The quantitative estimate of drug-likeness (QED) is 0.354. The van der Waals surface area contributed by atoms with Crippen molar-refractivity contribution in [3.63, 3.8) is 0 Å². The van der Waals surface area contributed by atoms with E-state index in [-0.39, 0.29) is 10.6 Å². The van der Waals surface area contributed by atoms with Gasteiger partial charge in [-0.25, -0.2) is 0 Å². The highest BCUT2D eigenvalue weighted by atomic mass is 16.6. The lowest BCUT2D eigenvalue weighted by atomic mass is 10.0. The van der Waals surface area contributed by atoms with Crippen molar-refractivity contribution in [3.05, 3.63) is 99.6 Å². The fourth-order valence-electron chi connectivity index (χ4n) is 4.69. The summed E-state index contributed by atoms with van der Waals surface area (Å²) in [5, 5.41) is 17.8. The Balaban J connectivity index is 1.31. The van der Waals surface area contributed by atoms with E-state index in [2.05, 4.69) is 58.4 Å². The monoisotopic (exact) mass is 412 g/mol. The molecule has 3 aromatic carbocycles. The number of hydrogen-bond donors (Lipinski definition) is 0. The molecule has 0 unspecified atom stereocenters. The maximum Gasteiger partial charge on any atom is 0.269 e. The van der Waals surface area contributed by atoms with Crippen LogP contribution in [0.3, 0.4) is 0 Å². The van der Waals surface area contributed by atoms with E-state index in [4.69, 9.17) is 5.10 Å². The highest BCUT2D eigenvalue weighted by Crippen LogP contribution is 2.46. The average Bonchev–Trinajstić information content (AvgIpc) is 3.14. The molecule has 0 N–H and O–H groups in total. The van der Waals surface area contributed by atoms with Crippen LogP contribution in [-0.4, -0.2) is 46.7 Å². The van der Waals surface area contributed by atoms with Crippen molar-refractivity contribution in [1.82, 2.24) is 9.91 Å². The Morgan fingerprint density at radius 3 is 1.97 bits per heavy atom. The van der Waals surface area contributed by atoms with Gasteiger partial charge in [-0.2, -0.15) is 5.10 Å². The Labute approximate surface area is 181 Å². The van der Waals surface area contributed by atoms with Crippen LogP contribution >= 0.6 is 0 Å². The molecule has 0 radical (unpaired) electrons. The number of hydrogen-bond acceptors (Lipinski definition) is 5. The molecule has 1 heterocycles. The number of benzene rings is 3. The summed E-state index contributed by atoms with van der Waals surface area (Å²) >= 11 is 0. The minimum absolute atomic E-state index is 0.0993. The molecule has 1 aliphatic heterocycles. The van der Waals surface area contributed by atoms with Crippen molar-refractivity contribution in [3.8, 4) is 11.1 Å². The number of rotatable bonds is 4. The molecule has 5 rings (SSSR count). The summed E-state index contributed by atoms with van der Waals surface area (Å²) in [7, 11) is 0. The summed E-state index contributed by atoms with van der Waals surface area (Å²) in [6, 6.07) is 24.3. The van der Waals surface area contributed by atoms with Crippen LogP contribution in [0.25, 0.3) is 11.1 Å². The zero-order valence-electron chi connectivity index (χ0n) is 17.4. The first-order chi connectivity index (χ1) is 15.1. The first kappa shape index (κ1) is 19.5. The van der Waals surface area contributed by atoms with Gasteiger partial charge in [0.2, 0.25) is 0 Å². The maximum atomic E-state index is 10.9.